The minimum atomic E-state index is -4.14. The highest BCUT2D eigenvalue weighted by Gasteiger charge is 2.51. The quantitative estimate of drug-likeness (QED) is 0.655. The van der Waals surface area contributed by atoms with Crippen molar-refractivity contribution >= 4 is 79.5 Å². The average Bonchev–Trinajstić information content (AvgIpc) is 2.49. The van der Waals surface area contributed by atoms with Crippen LogP contribution in [-0.2, 0) is 14.8 Å². The molecule has 4 nitrogen and oxygen atoms in total. The third-order valence-corrected chi connectivity index (χ3v) is 6.70. The lowest BCUT2D eigenvalue weighted by Gasteiger charge is -2.29. The molecular weight excluding hydrogens is 427 g/mol. The molecule has 0 saturated carbocycles. The van der Waals surface area contributed by atoms with Crippen LogP contribution in [0.4, 0.5) is 0 Å². The average molecular weight is 436 g/mol. The molecule has 0 fully saturated rings. The topological polar surface area (TPSA) is 63.6 Å². The van der Waals surface area contributed by atoms with Gasteiger partial charge >= 0.3 is 0 Å². The van der Waals surface area contributed by atoms with Crippen LogP contribution >= 0.6 is 58.0 Å². The molecule has 0 N–H and O–H groups in total. The third kappa shape index (κ3) is 3.55. The van der Waals surface area contributed by atoms with Crippen molar-refractivity contribution < 1.29 is 13.2 Å². The maximum atomic E-state index is 12.4. The fourth-order valence-corrected chi connectivity index (χ4v) is 4.17. The number of hydrogen-bond acceptors (Lipinski definition) is 3. The summed E-state index contributed by atoms with van der Waals surface area (Å²) in [5, 5.41) is -2.40. The number of aryl methyl sites for hydroxylation is 1. The van der Waals surface area contributed by atoms with Crippen molar-refractivity contribution in [2.75, 3.05) is 0 Å². The van der Waals surface area contributed by atoms with Crippen LogP contribution < -0.4 is 0 Å². The van der Waals surface area contributed by atoms with E-state index < -0.39 is 35.6 Å². The number of hydrogen-bond donors (Lipinski definition) is 0. The number of ketones is 1. The number of Topliss-reactive ketones (excluding diaryl/α,β-unsaturated/α-hetero) is 1. The van der Waals surface area contributed by atoms with Crippen molar-refractivity contribution in [1.82, 2.24) is 0 Å². The first kappa shape index (κ1) is 19.0. The van der Waals surface area contributed by atoms with Crippen molar-refractivity contribution in [2.24, 2.45) is 4.40 Å². The van der Waals surface area contributed by atoms with E-state index in [9.17, 15) is 13.2 Å². The van der Waals surface area contributed by atoms with Gasteiger partial charge in [-0.25, -0.2) is 0 Å². The molecule has 1 aliphatic rings. The molecule has 0 aliphatic heterocycles. The van der Waals surface area contributed by atoms with Crippen molar-refractivity contribution in [3.63, 3.8) is 0 Å². The van der Waals surface area contributed by atoms with Crippen molar-refractivity contribution in [1.29, 1.82) is 0 Å². The fourth-order valence-electron chi connectivity index (χ4n) is 1.74. The molecule has 1 atom stereocenters. The molecule has 1 aliphatic carbocycles. The molecule has 0 spiro atoms. The largest absolute Gasteiger partial charge is 0.290 e. The van der Waals surface area contributed by atoms with Gasteiger partial charge in [0, 0.05) is 0 Å². The summed E-state index contributed by atoms with van der Waals surface area (Å²) in [4.78, 5) is 11.8. The minimum Gasteiger partial charge on any atom is -0.290 e. The Morgan fingerprint density at radius 1 is 1.09 bits per heavy atom. The molecule has 0 aromatic heterocycles. The Hall–Kier alpha value is -0.300. The molecule has 0 radical (unpaired) electrons. The number of carbonyl (C=O) groups excluding carboxylic acids is 1. The van der Waals surface area contributed by atoms with E-state index in [0.29, 0.717) is 0 Å². The van der Waals surface area contributed by atoms with Crippen molar-refractivity contribution in [3.05, 3.63) is 39.9 Å². The zero-order chi connectivity index (χ0) is 17.6. The first-order valence-corrected chi connectivity index (χ1v) is 9.41. The van der Waals surface area contributed by atoms with Crippen molar-refractivity contribution in [2.45, 2.75) is 21.5 Å². The van der Waals surface area contributed by atoms with Gasteiger partial charge in [-0.1, -0.05) is 64.1 Å². The van der Waals surface area contributed by atoms with Gasteiger partial charge in [-0.2, -0.15) is 12.8 Å². The number of carbonyl (C=O) groups is 1. The Kier molecular flexibility index (Phi) is 5.41. The number of allylic oxidation sites excluding steroid dienone is 2. The molecule has 2 rings (SSSR count). The summed E-state index contributed by atoms with van der Waals surface area (Å²) in [6.07, 6.45) is 0. The zero-order valence-corrected chi connectivity index (χ0v) is 16.0. The number of benzene rings is 1. The molecular formula is C13H8Cl5NO3S. The second-order valence-electron chi connectivity index (χ2n) is 4.71. The monoisotopic (exact) mass is 433 g/mol. The third-order valence-electron chi connectivity index (χ3n) is 3.02. The maximum Gasteiger partial charge on any atom is 0.282 e. The molecule has 0 heterocycles. The Labute approximate surface area is 158 Å². The minimum absolute atomic E-state index is 0.0771. The lowest BCUT2D eigenvalue weighted by atomic mass is 10.0. The summed E-state index contributed by atoms with van der Waals surface area (Å²) in [6, 6.07) is 5.96. The molecule has 1 aromatic carbocycles. The Morgan fingerprint density at radius 2 is 1.61 bits per heavy atom. The number of rotatable bonds is 2. The first-order chi connectivity index (χ1) is 10.5. The zero-order valence-electron chi connectivity index (χ0n) is 11.4. The van der Waals surface area contributed by atoms with Gasteiger partial charge in [0.15, 0.2) is 0 Å². The van der Waals surface area contributed by atoms with Gasteiger partial charge in [0.25, 0.3) is 10.0 Å². The van der Waals surface area contributed by atoms with E-state index in [0.717, 1.165) is 5.56 Å². The summed E-state index contributed by atoms with van der Waals surface area (Å²) in [7, 11) is -4.14. The van der Waals surface area contributed by atoms with E-state index in [1.165, 1.54) is 12.1 Å². The first-order valence-electron chi connectivity index (χ1n) is 6.02. The molecule has 0 saturated heterocycles. The van der Waals surface area contributed by atoms with Gasteiger partial charge in [-0.3, -0.25) is 4.79 Å². The second-order valence-corrected chi connectivity index (χ2v) is 8.89. The molecule has 1 aromatic rings. The Bertz CT molecular complexity index is 828. The second kappa shape index (κ2) is 6.54. The van der Waals surface area contributed by atoms with Crippen LogP contribution in [0.3, 0.4) is 0 Å². The van der Waals surface area contributed by atoms with E-state index in [1.807, 2.05) is 0 Å². The predicted octanol–water partition coefficient (Wildman–Crippen LogP) is 4.18. The highest BCUT2D eigenvalue weighted by molar-refractivity contribution is 7.90. The van der Waals surface area contributed by atoms with E-state index >= 15 is 0 Å². The van der Waals surface area contributed by atoms with Gasteiger partial charge in [-0.05, 0) is 19.1 Å². The molecule has 0 amide bonds. The summed E-state index contributed by atoms with van der Waals surface area (Å²) in [5.74, 6) is -0.917. The number of sulfonamides is 1. The summed E-state index contributed by atoms with van der Waals surface area (Å²) >= 11 is 29.4. The van der Waals surface area contributed by atoms with Crippen LogP contribution in [-0.4, -0.2) is 29.6 Å². The van der Waals surface area contributed by atoms with E-state index in [-0.39, 0.29) is 10.6 Å². The summed E-state index contributed by atoms with van der Waals surface area (Å²) in [6.45, 7) is 1.80. The Balaban J connectivity index is 2.61. The van der Waals surface area contributed by atoms with Crippen LogP contribution in [0.15, 0.2) is 43.6 Å². The van der Waals surface area contributed by atoms with Gasteiger partial charge < -0.3 is 0 Å². The van der Waals surface area contributed by atoms with Gasteiger partial charge in [0.05, 0.1) is 15.6 Å². The number of halogens is 5. The normalized spacial score (nSPS) is 23.5. The van der Waals surface area contributed by atoms with Gasteiger partial charge in [0.1, 0.15) is 10.4 Å². The molecule has 1 unspecified atom stereocenters. The highest BCUT2D eigenvalue weighted by Crippen LogP contribution is 2.42. The number of nitrogens with zero attached hydrogens (tertiary/aromatic N) is 1. The maximum absolute atomic E-state index is 12.4. The molecule has 10 heteroatoms. The van der Waals surface area contributed by atoms with Crippen molar-refractivity contribution in [3.8, 4) is 0 Å². The predicted molar refractivity (Wildman–Crippen MR) is 93.6 cm³/mol. The van der Waals surface area contributed by atoms with E-state index in [2.05, 4.69) is 4.40 Å². The summed E-state index contributed by atoms with van der Waals surface area (Å²) < 4.78 is 26.1. The van der Waals surface area contributed by atoms with E-state index in [4.69, 9.17) is 58.0 Å². The smallest absolute Gasteiger partial charge is 0.282 e. The molecule has 124 valence electrons. The Morgan fingerprint density at radius 3 is 2.13 bits per heavy atom. The highest BCUT2D eigenvalue weighted by atomic mass is 35.5. The molecule has 0 bridgehead atoms. The molecule has 23 heavy (non-hydrogen) atoms. The van der Waals surface area contributed by atoms with Crippen LogP contribution in [0.2, 0.25) is 0 Å². The van der Waals surface area contributed by atoms with Crippen LogP contribution in [0.1, 0.15) is 5.56 Å². The SMILES string of the molecule is Cc1ccc(S(=O)(=O)N=C2C(Cl)=C(Cl)C(=O)C(Cl)(Cl)C2Cl)cc1. The standard InChI is InChI=1S/C13H8Cl5NO3S/c1-6-2-4-7(5-3-6)23(21,22)19-10-8(14)9(15)12(20)13(17,18)11(10)16/h2-5,11H,1H3. The van der Waals surface area contributed by atoms with E-state index in [1.54, 1.807) is 19.1 Å². The fraction of sp³-hybridized carbons (Fsp3) is 0.231. The lowest BCUT2D eigenvalue weighted by Crippen LogP contribution is -2.45. The van der Waals surface area contributed by atoms with Crippen LogP contribution in [0, 0.1) is 6.92 Å². The van der Waals surface area contributed by atoms with Crippen LogP contribution in [0.25, 0.3) is 0 Å². The van der Waals surface area contributed by atoms with Gasteiger partial charge in [0.2, 0.25) is 10.1 Å². The summed E-state index contributed by atoms with van der Waals surface area (Å²) in [5.41, 5.74) is 0.486. The number of alkyl halides is 3. The lowest BCUT2D eigenvalue weighted by molar-refractivity contribution is -0.115. The van der Waals surface area contributed by atoms with Crippen LogP contribution in [0.5, 0.6) is 0 Å². The van der Waals surface area contributed by atoms with Gasteiger partial charge in [-0.15, -0.1) is 11.6 Å².